The third-order valence-electron chi connectivity index (χ3n) is 2.65. The molecule has 0 saturated carbocycles. The van der Waals surface area contributed by atoms with Crippen molar-refractivity contribution in [1.82, 2.24) is 9.13 Å². The van der Waals surface area contributed by atoms with Gasteiger partial charge in [0.15, 0.2) is 0 Å². The molecule has 0 saturated heterocycles. The van der Waals surface area contributed by atoms with E-state index in [1.165, 1.54) is 0 Å². The van der Waals surface area contributed by atoms with Gasteiger partial charge in [-0.15, -0.1) is 0 Å². The summed E-state index contributed by atoms with van der Waals surface area (Å²) in [5.41, 5.74) is 2.49. The zero-order chi connectivity index (χ0) is 11.7. The van der Waals surface area contributed by atoms with E-state index in [0.717, 1.165) is 16.6 Å². The summed E-state index contributed by atoms with van der Waals surface area (Å²) in [4.78, 5) is 21.7. The smallest absolute Gasteiger partial charge is 0.328 e. The summed E-state index contributed by atoms with van der Waals surface area (Å²) in [6.45, 7) is 0.636. The van der Waals surface area contributed by atoms with Crippen molar-refractivity contribution in [3.8, 4) is 0 Å². The molecule has 0 bridgehead atoms. The first-order valence-corrected chi connectivity index (χ1v) is 4.84. The van der Waals surface area contributed by atoms with Gasteiger partial charge in [-0.05, 0) is 17.7 Å². The predicted octanol–water partition coefficient (Wildman–Crippen LogP) is 0.550. The summed E-state index contributed by atoms with van der Waals surface area (Å²) in [5, 5.41) is 0. The Balaban J connectivity index is 2.57. The van der Waals surface area contributed by atoms with E-state index in [0.29, 0.717) is 6.47 Å². The summed E-state index contributed by atoms with van der Waals surface area (Å²) in [6.07, 6.45) is 0. The molecule has 0 aliphatic rings. The van der Waals surface area contributed by atoms with Crippen molar-refractivity contribution < 1.29 is 9.53 Å². The van der Waals surface area contributed by atoms with Crippen LogP contribution in [-0.4, -0.2) is 15.6 Å². The molecule has 0 aliphatic heterocycles. The lowest BCUT2D eigenvalue weighted by Crippen LogP contribution is -2.19. The standard InChI is InChI=1S/C11H12N2O3/c1-12-9-4-3-8(6-16-7-14)5-10(9)13(2)11(12)15/h3-5,7H,6H2,1-2H3. The van der Waals surface area contributed by atoms with Gasteiger partial charge in [-0.1, -0.05) is 6.07 Å². The van der Waals surface area contributed by atoms with Gasteiger partial charge >= 0.3 is 5.69 Å². The topological polar surface area (TPSA) is 53.2 Å². The van der Waals surface area contributed by atoms with Crippen LogP contribution in [0.25, 0.3) is 11.0 Å². The van der Waals surface area contributed by atoms with Crippen molar-refractivity contribution in [3.05, 3.63) is 34.2 Å². The van der Waals surface area contributed by atoms with Crippen LogP contribution in [-0.2, 0) is 30.2 Å². The highest BCUT2D eigenvalue weighted by Crippen LogP contribution is 2.14. The van der Waals surface area contributed by atoms with Crippen LogP contribution in [0.15, 0.2) is 23.0 Å². The zero-order valence-electron chi connectivity index (χ0n) is 9.14. The number of carbonyl (C=O) groups is 1. The maximum Gasteiger partial charge on any atom is 0.328 e. The molecule has 0 radical (unpaired) electrons. The molecule has 0 unspecified atom stereocenters. The summed E-state index contributed by atoms with van der Waals surface area (Å²) < 4.78 is 7.82. The fourth-order valence-electron chi connectivity index (χ4n) is 1.77. The molecule has 1 heterocycles. The Morgan fingerprint density at radius 2 is 1.94 bits per heavy atom. The van der Waals surface area contributed by atoms with Crippen LogP contribution >= 0.6 is 0 Å². The van der Waals surface area contributed by atoms with Crippen LogP contribution in [0, 0.1) is 0 Å². The maximum atomic E-state index is 11.7. The number of hydrogen-bond donors (Lipinski definition) is 0. The lowest BCUT2D eigenvalue weighted by molar-refractivity contribution is -0.129. The summed E-state index contributed by atoms with van der Waals surface area (Å²) in [5.74, 6) is 0. The summed E-state index contributed by atoms with van der Waals surface area (Å²) in [6, 6.07) is 5.53. The molecule has 0 N–H and O–H groups in total. The molecule has 0 amide bonds. The van der Waals surface area contributed by atoms with E-state index in [4.69, 9.17) is 0 Å². The Morgan fingerprint density at radius 1 is 1.25 bits per heavy atom. The number of aryl methyl sites for hydroxylation is 2. The molecule has 16 heavy (non-hydrogen) atoms. The molecular weight excluding hydrogens is 208 g/mol. The van der Waals surface area contributed by atoms with Gasteiger partial charge in [0.2, 0.25) is 0 Å². The van der Waals surface area contributed by atoms with E-state index in [2.05, 4.69) is 4.74 Å². The Hall–Kier alpha value is -2.04. The van der Waals surface area contributed by atoms with Gasteiger partial charge < -0.3 is 4.74 Å². The number of ether oxygens (including phenoxy) is 1. The Bertz CT molecular complexity index is 595. The van der Waals surface area contributed by atoms with Gasteiger partial charge in [-0.3, -0.25) is 13.9 Å². The largest absolute Gasteiger partial charge is 0.463 e. The molecule has 0 atom stereocenters. The van der Waals surface area contributed by atoms with E-state index in [-0.39, 0.29) is 12.3 Å². The van der Waals surface area contributed by atoms with Crippen LogP contribution in [0.1, 0.15) is 5.56 Å². The first kappa shape index (κ1) is 10.5. The zero-order valence-corrected chi connectivity index (χ0v) is 9.14. The lowest BCUT2D eigenvalue weighted by Gasteiger charge is -2.00. The molecule has 0 spiro atoms. The number of hydrogen-bond acceptors (Lipinski definition) is 3. The number of imidazole rings is 1. The number of fused-ring (bicyclic) bond motifs is 1. The molecule has 1 aromatic carbocycles. The second-order valence-electron chi connectivity index (χ2n) is 3.63. The van der Waals surface area contributed by atoms with E-state index >= 15 is 0 Å². The van der Waals surface area contributed by atoms with E-state index < -0.39 is 0 Å². The molecule has 5 nitrogen and oxygen atoms in total. The fourth-order valence-corrected chi connectivity index (χ4v) is 1.77. The number of aromatic nitrogens is 2. The molecule has 2 rings (SSSR count). The van der Waals surface area contributed by atoms with Crippen molar-refractivity contribution >= 4 is 17.5 Å². The Morgan fingerprint density at radius 3 is 2.62 bits per heavy atom. The molecule has 0 fully saturated rings. The summed E-state index contributed by atoms with van der Waals surface area (Å²) >= 11 is 0. The van der Waals surface area contributed by atoms with Gasteiger partial charge in [0.1, 0.15) is 6.61 Å². The number of nitrogens with zero attached hydrogens (tertiary/aromatic N) is 2. The molecule has 2 aromatic rings. The van der Waals surface area contributed by atoms with Crippen molar-refractivity contribution in [1.29, 1.82) is 0 Å². The highest BCUT2D eigenvalue weighted by molar-refractivity contribution is 5.76. The van der Waals surface area contributed by atoms with Gasteiger partial charge in [0.25, 0.3) is 6.47 Å². The molecular formula is C11H12N2O3. The third-order valence-corrected chi connectivity index (χ3v) is 2.65. The van der Waals surface area contributed by atoms with Crippen molar-refractivity contribution in [3.63, 3.8) is 0 Å². The second-order valence-corrected chi connectivity index (χ2v) is 3.63. The highest BCUT2D eigenvalue weighted by atomic mass is 16.5. The predicted molar refractivity (Wildman–Crippen MR) is 59.0 cm³/mol. The minimum Gasteiger partial charge on any atom is -0.463 e. The van der Waals surface area contributed by atoms with Gasteiger partial charge in [-0.25, -0.2) is 4.79 Å². The quantitative estimate of drug-likeness (QED) is 0.710. The van der Waals surface area contributed by atoms with Crippen LogP contribution < -0.4 is 5.69 Å². The van der Waals surface area contributed by atoms with Crippen LogP contribution in [0.5, 0.6) is 0 Å². The highest BCUT2D eigenvalue weighted by Gasteiger charge is 2.07. The van der Waals surface area contributed by atoms with Crippen molar-refractivity contribution in [2.75, 3.05) is 0 Å². The SMILES string of the molecule is Cn1c(=O)n(C)c2cc(COC=O)ccc21. The Labute approximate surface area is 91.9 Å². The maximum absolute atomic E-state index is 11.7. The average molecular weight is 220 g/mol. The van der Waals surface area contributed by atoms with E-state index in [1.54, 1.807) is 23.2 Å². The van der Waals surface area contributed by atoms with Gasteiger partial charge in [0, 0.05) is 14.1 Å². The number of rotatable bonds is 3. The molecule has 84 valence electrons. The molecule has 1 aromatic heterocycles. The van der Waals surface area contributed by atoms with Crippen LogP contribution in [0.4, 0.5) is 0 Å². The monoisotopic (exact) mass is 220 g/mol. The third kappa shape index (κ3) is 1.50. The number of carbonyl (C=O) groups excluding carboxylic acids is 1. The Kier molecular flexibility index (Phi) is 2.52. The first-order chi connectivity index (χ1) is 7.65. The van der Waals surface area contributed by atoms with Crippen molar-refractivity contribution in [2.24, 2.45) is 14.1 Å². The summed E-state index contributed by atoms with van der Waals surface area (Å²) in [7, 11) is 3.45. The molecule has 5 heteroatoms. The minimum absolute atomic E-state index is 0.0662. The second kappa shape index (κ2) is 3.84. The van der Waals surface area contributed by atoms with Crippen LogP contribution in [0.3, 0.4) is 0 Å². The van der Waals surface area contributed by atoms with E-state index in [9.17, 15) is 9.59 Å². The van der Waals surface area contributed by atoms with Crippen molar-refractivity contribution in [2.45, 2.75) is 6.61 Å². The minimum atomic E-state index is -0.0662. The average Bonchev–Trinajstić information content (AvgIpc) is 2.52. The van der Waals surface area contributed by atoms with Gasteiger partial charge in [-0.2, -0.15) is 0 Å². The fraction of sp³-hybridized carbons (Fsp3) is 0.273. The first-order valence-electron chi connectivity index (χ1n) is 4.84. The molecule has 0 aliphatic carbocycles. The van der Waals surface area contributed by atoms with E-state index in [1.807, 2.05) is 18.2 Å². The van der Waals surface area contributed by atoms with Gasteiger partial charge in [0.05, 0.1) is 11.0 Å². The normalized spacial score (nSPS) is 10.6. The lowest BCUT2D eigenvalue weighted by atomic mass is 10.2. The van der Waals surface area contributed by atoms with Crippen LogP contribution in [0.2, 0.25) is 0 Å². The number of benzene rings is 1.